The molecular weight excluding hydrogens is 1310 g/mol. The summed E-state index contributed by atoms with van der Waals surface area (Å²) in [7, 11) is 0. The molecule has 10 atom stereocenters. The van der Waals surface area contributed by atoms with E-state index in [1.807, 2.05) is 6.07 Å². The van der Waals surface area contributed by atoms with Crippen molar-refractivity contribution in [3.8, 4) is 17.2 Å². The van der Waals surface area contributed by atoms with Crippen molar-refractivity contribution in [2.24, 2.45) is 10.9 Å². The number of aliphatic carboxylic acids is 2. The van der Waals surface area contributed by atoms with Gasteiger partial charge in [0.05, 0.1) is 31.9 Å². The van der Waals surface area contributed by atoms with E-state index in [9.17, 15) is 78.3 Å². The van der Waals surface area contributed by atoms with Crippen molar-refractivity contribution >= 4 is 101 Å². The number of H-pyrrole nitrogens is 1. The lowest BCUT2D eigenvalue weighted by Gasteiger charge is -2.31. The van der Waals surface area contributed by atoms with Gasteiger partial charge >= 0.3 is 11.9 Å². The molecule has 4 bridgehead atoms. The summed E-state index contributed by atoms with van der Waals surface area (Å²) in [6, 6.07) is 1.44. The molecule has 16 N–H and O–H groups in total. The quantitative estimate of drug-likeness (QED) is 0.0781. The summed E-state index contributed by atoms with van der Waals surface area (Å²) in [6.07, 6.45) is 1.30. The summed E-state index contributed by atoms with van der Waals surface area (Å²) >= 11 is 2.31. The number of benzene rings is 3. The maximum atomic E-state index is 15.1. The molecule has 0 radical (unpaired) electrons. The molecule has 1 fully saturated rings. The number of carbonyl (C=O) groups excluding carboxylic acids is 10. The fourth-order valence-electron chi connectivity index (χ4n) is 10.6. The molecule has 3 aliphatic rings. The van der Waals surface area contributed by atoms with Gasteiger partial charge in [0.15, 0.2) is 0 Å². The molecule has 0 spiro atoms. The van der Waals surface area contributed by atoms with Crippen LogP contribution in [0.25, 0.3) is 0 Å². The number of fused-ring (bicyclic) bond motifs is 6. The molecule has 4 heterocycles. The van der Waals surface area contributed by atoms with Crippen molar-refractivity contribution in [3.63, 3.8) is 0 Å². The number of aromatic hydroxyl groups is 2. The number of phenolic OH excluding ortho intramolecular Hbond substituents is 2. The van der Waals surface area contributed by atoms with Crippen molar-refractivity contribution < 1.29 is 92.6 Å². The molecule has 522 valence electrons. The Labute approximate surface area is 564 Å². The Morgan fingerprint density at radius 3 is 1.77 bits per heavy atom. The number of carboxylic acid groups (broad SMARTS) is 2. The van der Waals surface area contributed by atoms with Crippen LogP contribution in [0.4, 0.5) is 0 Å². The molecule has 97 heavy (non-hydrogen) atoms. The summed E-state index contributed by atoms with van der Waals surface area (Å²) in [5.74, 6) is -13.5. The van der Waals surface area contributed by atoms with Gasteiger partial charge in [-0.1, -0.05) is 35.5 Å². The Kier molecular flexibility index (Phi) is 28.2. The van der Waals surface area contributed by atoms with E-state index in [0.29, 0.717) is 59.4 Å². The molecule has 32 nitrogen and oxygen atoms in total. The number of phenols is 2. The Hall–Kier alpha value is -9.96. The number of imidazole rings is 1. The highest BCUT2D eigenvalue weighted by Crippen LogP contribution is 2.27. The number of oxime groups is 1. The summed E-state index contributed by atoms with van der Waals surface area (Å²) in [6.45, 7) is 1.36. The second-order valence-corrected chi connectivity index (χ2v) is 25.4. The van der Waals surface area contributed by atoms with Gasteiger partial charge in [0.25, 0.3) is 5.91 Å². The molecule has 1 aromatic heterocycles. The molecule has 3 aromatic carbocycles. The number of hydrogen-bond donors (Lipinski definition) is 15. The standard InChI is InChI=1S/C63H79N13O19S2/c1-34(77)54-62(92)71-43(22-35-8-12-40(78)13-9-35)56(86)69-44(24-39-27-65-33-66-39)57(87)73-48(55(64)85)31-96-29-37-19-38-21-42(20-37)94-17-4-2-3-5-18-95-67-28-51(80)68-45(25-52(81)82)58(88)74-49(32-97-30-38)60(90)72-47(23-36-10-14-41(79)15-11-36)63(93)76-16-6-7-50(76)61(91)70-46(26-53(83)84)59(89)75-54/h8-15,19-21,27-28,33-34,43-50,54,77-79H,2-7,16-18,22-26,29-32H2,1H3,(H2,64,85)(H,65,66)(H,68,80)(H,69,86)(H,70,91)(H,71,92)(H,72,90)(H,73,87)(H,74,88)(H,75,89)(H,81,82)(H,83,84)/b67-28+/t34-,43+,44+,45+,46+,47+,48+,49+,50+,54+/m1/s1. The SMILES string of the molecule is C[C@@H](O)[C@@H]1NC(=O)[C@H](CC(=O)O)NC(=O)[C@@H]2CCCN2C(=O)[C@H](Cc2ccc(O)cc2)NC(=O)[C@@H]2CSCc3cc(cc(c3)OCCCCCCO/N=C/C(=O)N[C@@H](CC(=O)O)C(=O)N2)CSC[C@@H](C(N)=O)NC(=O)[C@H](Cc2cnc[nH]2)NC(=O)[C@H](Cc2ccc(O)cc2)NC1=O. The maximum absolute atomic E-state index is 15.1. The fraction of sp³-hybridized carbons (Fsp3) is 0.460. The van der Waals surface area contributed by atoms with Crippen LogP contribution >= 0.6 is 23.5 Å². The summed E-state index contributed by atoms with van der Waals surface area (Å²) < 4.78 is 6.25. The minimum Gasteiger partial charge on any atom is -0.508 e. The smallest absolute Gasteiger partial charge is 0.305 e. The lowest BCUT2D eigenvalue weighted by Crippen LogP contribution is -2.62. The highest BCUT2D eigenvalue weighted by atomic mass is 32.2. The number of ether oxygens (including phenoxy) is 1. The molecule has 0 aliphatic carbocycles. The third-order valence-corrected chi connectivity index (χ3v) is 17.8. The van der Waals surface area contributed by atoms with Crippen molar-refractivity contribution in [1.29, 1.82) is 0 Å². The number of primary amides is 1. The van der Waals surface area contributed by atoms with Crippen molar-refractivity contribution in [2.45, 2.75) is 150 Å². The summed E-state index contributed by atoms with van der Waals surface area (Å²) in [5, 5.41) is 74.9. The van der Waals surface area contributed by atoms with Gasteiger partial charge in [0.2, 0.25) is 53.2 Å². The van der Waals surface area contributed by atoms with Crippen LogP contribution in [-0.4, -0.2) is 209 Å². The van der Waals surface area contributed by atoms with Crippen molar-refractivity contribution in [1.82, 2.24) is 57.4 Å². The van der Waals surface area contributed by atoms with Gasteiger partial charge in [0, 0.05) is 60.7 Å². The number of aromatic amines is 1. The van der Waals surface area contributed by atoms with Crippen LogP contribution in [0, 0.1) is 0 Å². The van der Waals surface area contributed by atoms with E-state index in [1.54, 1.807) is 12.1 Å². The molecule has 0 saturated carbocycles. The number of nitrogens with one attached hydrogen (secondary N) is 9. The molecule has 7 rings (SSSR count). The largest absolute Gasteiger partial charge is 0.508 e. The summed E-state index contributed by atoms with van der Waals surface area (Å²) in [5.41, 5.74) is 8.28. The Bertz CT molecular complexity index is 3470. The van der Waals surface area contributed by atoms with Crippen LogP contribution in [0.2, 0.25) is 0 Å². The van der Waals surface area contributed by atoms with Gasteiger partial charge in [-0.2, -0.15) is 23.5 Å². The van der Waals surface area contributed by atoms with E-state index in [2.05, 4.69) is 57.7 Å². The van der Waals surface area contributed by atoms with Gasteiger partial charge < -0.3 is 93.3 Å². The monoisotopic (exact) mass is 1390 g/mol. The van der Waals surface area contributed by atoms with E-state index < -0.39 is 144 Å². The maximum Gasteiger partial charge on any atom is 0.305 e. The Morgan fingerprint density at radius 1 is 0.619 bits per heavy atom. The first-order valence-corrected chi connectivity index (χ1v) is 33.4. The molecule has 34 heteroatoms. The van der Waals surface area contributed by atoms with Crippen LogP contribution in [0.3, 0.4) is 0 Å². The first kappa shape index (κ1) is 74.4. The van der Waals surface area contributed by atoms with E-state index in [0.717, 1.165) is 29.8 Å². The van der Waals surface area contributed by atoms with Gasteiger partial charge in [-0.3, -0.25) is 57.5 Å². The van der Waals surface area contributed by atoms with Crippen molar-refractivity contribution in [3.05, 3.63) is 107 Å². The second-order valence-electron chi connectivity index (χ2n) is 23.3. The van der Waals surface area contributed by atoms with Crippen LogP contribution in [0.5, 0.6) is 17.2 Å². The second kappa shape index (κ2) is 36.8. The number of aliphatic hydroxyl groups is 1. The molecule has 10 amide bonds. The van der Waals surface area contributed by atoms with Crippen LogP contribution in [0.1, 0.15) is 86.2 Å². The topological polar surface area (TPSA) is 491 Å². The molecule has 3 aliphatic heterocycles. The zero-order valence-electron chi connectivity index (χ0n) is 52.8. The third-order valence-electron chi connectivity index (χ3n) is 15.6. The predicted molar refractivity (Wildman–Crippen MR) is 349 cm³/mol. The molecular formula is C63H79N13O19S2. The highest BCUT2D eigenvalue weighted by Gasteiger charge is 2.42. The van der Waals surface area contributed by atoms with Gasteiger partial charge in [-0.25, -0.2) is 4.98 Å². The Morgan fingerprint density at radius 2 is 1.16 bits per heavy atom. The molecule has 0 unspecified atom stereocenters. The number of aliphatic hydroxyl groups excluding tert-OH is 1. The van der Waals surface area contributed by atoms with Gasteiger partial charge in [-0.05, 0) is 104 Å². The number of rotatable bonds is 12. The molecule has 4 aromatic rings. The minimum absolute atomic E-state index is 0.0618. The number of amides is 10. The first-order valence-electron chi connectivity index (χ1n) is 31.1. The van der Waals surface area contributed by atoms with E-state index in [-0.39, 0.29) is 86.4 Å². The van der Waals surface area contributed by atoms with Crippen LogP contribution in [-0.2, 0) is 93.1 Å². The lowest BCUT2D eigenvalue weighted by atomic mass is 10.0. The lowest BCUT2D eigenvalue weighted by molar-refractivity contribution is -0.144. The number of aromatic nitrogens is 2. The van der Waals surface area contributed by atoms with Crippen LogP contribution < -0.4 is 53.0 Å². The van der Waals surface area contributed by atoms with E-state index >= 15 is 4.79 Å². The zero-order chi connectivity index (χ0) is 70.1. The number of thioether (sulfide) groups is 2. The number of carbonyl (C=O) groups is 12. The van der Waals surface area contributed by atoms with E-state index in [4.69, 9.17) is 15.3 Å². The number of carboxylic acids is 2. The number of hydrogen-bond acceptors (Lipinski definition) is 21. The van der Waals surface area contributed by atoms with Crippen molar-refractivity contribution in [2.75, 3.05) is 31.3 Å². The minimum atomic E-state index is -2.01. The third kappa shape index (κ3) is 23.7. The predicted octanol–water partition coefficient (Wildman–Crippen LogP) is -1.33. The molecule has 1 saturated heterocycles. The normalized spacial score (nSPS) is 24.6. The van der Waals surface area contributed by atoms with Gasteiger partial charge in [0.1, 0.15) is 84.4 Å². The number of nitrogens with zero attached hydrogens (tertiary/aromatic N) is 3. The van der Waals surface area contributed by atoms with Gasteiger partial charge in [-0.15, -0.1) is 0 Å². The fourth-order valence-corrected chi connectivity index (χ4v) is 12.6. The zero-order valence-corrected chi connectivity index (χ0v) is 54.4. The van der Waals surface area contributed by atoms with Crippen LogP contribution in [0.15, 0.2) is 84.4 Å². The average molecular weight is 1390 g/mol. The highest BCUT2D eigenvalue weighted by molar-refractivity contribution is 7.98. The Balaban J connectivity index is 1.29. The average Bonchev–Trinajstić information content (AvgIpc) is 1.83. The first-order chi connectivity index (χ1) is 46.4. The number of nitrogens with two attached hydrogens (primary N) is 1. The summed E-state index contributed by atoms with van der Waals surface area (Å²) in [4.78, 5) is 181. The van der Waals surface area contributed by atoms with E-state index in [1.165, 1.54) is 72.8 Å².